The summed E-state index contributed by atoms with van der Waals surface area (Å²) in [6.07, 6.45) is 10.3. The van der Waals surface area contributed by atoms with Crippen molar-refractivity contribution in [3.63, 3.8) is 0 Å². The van der Waals surface area contributed by atoms with E-state index in [1.54, 1.807) is 0 Å². The standard InChI is InChI=1S/C15H28N4O/c1-12-6-8-15(20-3,9-7-12)13(18-16)4-5-14-17-10-11-19(14)2/h10-13,18H,4-9,16H2,1-3H3. The lowest BCUT2D eigenvalue weighted by Crippen LogP contribution is -2.56. The van der Waals surface area contributed by atoms with Crippen molar-refractivity contribution in [2.24, 2.45) is 18.8 Å². The van der Waals surface area contributed by atoms with Gasteiger partial charge in [0, 0.05) is 33.0 Å². The minimum atomic E-state index is -0.119. The van der Waals surface area contributed by atoms with Crippen LogP contribution < -0.4 is 11.3 Å². The van der Waals surface area contributed by atoms with Crippen LogP contribution in [-0.2, 0) is 18.2 Å². The first-order valence-corrected chi connectivity index (χ1v) is 7.59. The van der Waals surface area contributed by atoms with E-state index < -0.39 is 0 Å². The fourth-order valence-electron chi connectivity index (χ4n) is 3.35. The molecule has 3 N–H and O–H groups in total. The molecule has 114 valence electrons. The van der Waals surface area contributed by atoms with Gasteiger partial charge in [-0.2, -0.15) is 0 Å². The summed E-state index contributed by atoms with van der Waals surface area (Å²) in [6.45, 7) is 2.32. The van der Waals surface area contributed by atoms with Crippen molar-refractivity contribution in [2.45, 2.75) is 57.1 Å². The van der Waals surface area contributed by atoms with E-state index in [2.05, 4.69) is 21.9 Å². The zero-order valence-corrected chi connectivity index (χ0v) is 12.9. The molecule has 0 radical (unpaired) electrons. The molecule has 1 fully saturated rings. The normalized spacial score (nSPS) is 28.5. The third-order valence-corrected chi connectivity index (χ3v) is 4.94. The highest BCUT2D eigenvalue weighted by Crippen LogP contribution is 2.37. The van der Waals surface area contributed by atoms with Gasteiger partial charge in [-0.05, 0) is 38.0 Å². The highest BCUT2D eigenvalue weighted by atomic mass is 16.5. The van der Waals surface area contributed by atoms with Gasteiger partial charge in [0.25, 0.3) is 0 Å². The number of nitrogens with two attached hydrogens (primary N) is 1. The Kier molecular flexibility index (Phi) is 5.18. The van der Waals surface area contributed by atoms with Crippen molar-refractivity contribution < 1.29 is 4.74 Å². The van der Waals surface area contributed by atoms with Crippen LogP contribution in [0, 0.1) is 5.92 Å². The summed E-state index contributed by atoms with van der Waals surface area (Å²) in [7, 11) is 3.85. The van der Waals surface area contributed by atoms with Crippen LogP contribution in [0.15, 0.2) is 12.4 Å². The summed E-state index contributed by atoms with van der Waals surface area (Å²) in [6, 6.07) is 0.177. The van der Waals surface area contributed by atoms with Crippen molar-refractivity contribution in [3.8, 4) is 0 Å². The molecule has 1 aromatic heterocycles. The Morgan fingerprint density at radius 2 is 2.25 bits per heavy atom. The predicted octanol–water partition coefficient (Wildman–Crippen LogP) is 1.78. The highest BCUT2D eigenvalue weighted by Gasteiger charge is 2.40. The molecular formula is C15H28N4O. The average Bonchev–Trinajstić information content (AvgIpc) is 2.87. The summed E-state index contributed by atoms with van der Waals surface area (Å²) in [4.78, 5) is 4.38. The number of nitrogens with zero attached hydrogens (tertiary/aromatic N) is 2. The maximum atomic E-state index is 5.91. The molecule has 0 aliphatic heterocycles. The van der Waals surface area contributed by atoms with Crippen LogP contribution in [0.25, 0.3) is 0 Å². The van der Waals surface area contributed by atoms with Crippen molar-refractivity contribution in [1.82, 2.24) is 15.0 Å². The minimum absolute atomic E-state index is 0.119. The second-order valence-electron chi connectivity index (χ2n) is 6.16. The van der Waals surface area contributed by atoms with Crippen LogP contribution >= 0.6 is 0 Å². The van der Waals surface area contributed by atoms with E-state index in [0.29, 0.717) is 0 Å². The minimum Gasteiger partial charge on any atom is -0.377 e. The fourth-order valence-corrected chi connectivity index (χ4v) is 3.35. The molecule has 0 spiro atoms. The second kappa shape index (κ2) is 6.70. The molecule has 1 aliphatic rings. The Balaban J connectivity index is 2.00. The van der Waals surface area contributed by atoms with Crippen molar-refractivity contribution in [3.05, 3.63) is 18.2 Å². The second-order valence-corrected chi connectivity index (χ2v) is 6.16. The van der Waals surface area contributed by atoms with E-state index in [9.17, 15) is 0 Å². The van der Waals surface area contributed by atoms with Crippen molar-refractivity contribution in [1.29, 1.82) is 0 Å². The smallest absolute Gasteiger partial charge is 0.108 e. The van der Waals surface area contributed by atoms with Gasteiger partial charge in [-0.15, -0.1) is 0 Å². The Morgan fingerprint density at radius 1 is 1.55 bits per heavy atom. The SMILES string of the molecule is COC1(C(CCc2nccn2C)NN)CCC(C)CC1. The van der Waals surface area contributed by atoms with Crippen LogP contribution in [0.5, 0.6) is 0 Å². The highest BCUT2D eigenvalue weighted by molar-refractivity contribution is 4.99. The molecule has 1 aliphatic carbocycles. The van der Waals surface area contributed by atoms with Crippen LogP contribution in [0.2, 0.25) is 0 Å². The number of hydrogen-bond donors (Lipinski definition) is 2. The Morgan fingerprint density at radius 3 is 2.75 bits per heavy atom. The molecule has 1 atom stereocenters. The molecule has 1 unspecified atom stereocenters. The van der Waals surface area contributed by atoms with E-state index in [1.165, 1.54) is 12.8 Å². The molecule has 1 heterocycles. The Hall–Kier alpha value is -0.910. The van der Waals surface area contributed by atoms with E-state index >= 15 is 0 Å². The first-order chi connectivity index (χ1) is 9.61. The number of imidazole rings is 1. The van der Waals surface area contributed by atoms with Crippen molar-refractivity contribution >= 4 is 0 Å². The average molecular weight is 280 g/mol. The summed E-state index contributed by atoms with van der Waals surface area (Å²) in [5.41, 5.74) is 2.88. The molecule has 0 bridgehead atoms. The zero-order valence-electron chi connectivity index (χ0n) is 12.9. The molecule has 0 amide bonds. The number of rotatable bonds is 6. The topological polar surface area (TPSA) is 65.1 Å². The first-order valence-electron chi connectivity index (χ1n) is 7.59. The first kappa shape index (κ1) is 15.5. The molecule has 1 saturated carbocycles. The maximum Gasteiger partial charge on any atom is 0.108 e. The molecule has 5 heteroatoms. The molecule has 0 saturated heterocycles. The summed E-state index contributed by atoms with van der Waals surface area (Å²) >= 11 is 0. The van der Waals surface area contributed by atoms with Crippen LogP contribution in [0.1, 0.15) is 44.9 Å². The van der Waals surface area contributed by atoms with E-state index in [-0.39, 0.29) is 11.6 Å². The van der Waals surface area contributed by atoms with Gasteiger partial charge >= 0.3 is 0 Å². The van der Waals surface area contributed by atoms with Gasteiger partial charge in [0.15, 0.2) is 0 Å². The van der Waals surface area contributed by atoms with Gasteiger partial charge in [0.1, 0.15) is 5.82 Å². The summed E-state index contributed by atoms with van der Waals surface area (Å²) < 4.78 is 7.98. The zero-order chi connectivity index (χ0) is 14.6. The van der Waals surface area contributed by atoms with Gasteiger partial charge in [-0.1, -0.05) is 6.92 Å². The summed E-state index contributed by atoms with van der Waals surface area (Å²) in [5, 5.41) is 0. The number of aromatic nitrogens is 2. The third-order valence-electron chi connectivity index (χ3n) is 4.94. The largest absolute Gasteiger partial charge is 0.377 e. The van der Waals surface area contributed by atoms with Crippen LogP contribution in [-0.4, -0.2) is 28.3 Å². The molecule has 0 aromatic carbocycles. The number of hydrogen-bond acceptors (Lipinski definition) is 4. The monoisotopic (exact) mass is 280 g/mol. The van der Waals surface area contributed by atoms with Gasteiger partial charge in [0.2, 0.25) is 0 Å². The predicted molar refractivity (Wildman–Crippen MR) is 80.0 cm³/mol. The molecule has 20 heavy (non-hydrogen) atoms. The van der Waals surface area contributed by atoms with E-state index in [1.807, 2.05) is 26.6 Å². The van der Waals surface area contributed by atoms with E-state index in [4.69, 9.17) is 10.6 Å². The lowest BCUT2D eigenvalue weighted by atomic mass is 9.74. The number of hydrazine groups is 1. The van der Waals surface area contributed by atoms with Crippen LogP contribution in [0.3, 0.4) is 0 Å². The van der Waals surface area contributed by atoms with Crippen molar-refractivity contribution in [2.75, 3.05) is 7.11 Å². The van der Waals surface area contributed by atoms with Crippen LogP contribution in [0.4, 0.5) is 0 Å². The number of ether oxygens (including phenoxy) is 1. The van der Waals surface area contributed by atoms with Gasteiger partial charge in [-0.3, -0.25) is 11.3 Å². The number of methoxy groups -OCH3 is 1. The van der Waals surface area contributed by atoms with Gasteiger partial charge < -0.3 is 9.30 Å². The third kappa shape index (κ3) is 3.22. The van der Waals surface area contributed by atoms with Gasteiger partial charge in [0.05, 0.1) is 11.6 Å². The number of aryl methyl sites for hydroxylation is 2. The van der Waals surface area contributed by atoms with E-state index in [0.717, 1.165) is 37.4 Å². The molecule has 2 rings (SSSR count). The quantitative estimate of drug-likeness (QED) is 0.616. The number of nitrogens with one attached hydrogen (secondary N) is 1. The fraction of sp³-hybridized carbons (Fsp3) is 0.800. The Bertz CT molecular complexity index is 410. The lowest BCUT2D eigenvalue weighted by molar-refractivity contribution is -0.0765. The van der Waals surface area contributed by atoms with Gasteiger partial charge in [-0.25, -0.2) is 4.98 Å². The Labute approximate surface area is 121 Å². The maximum absolute atomic E-state index is 5.91. The summed E-state index contributed by atoms with van der Waals surface area (Å²) in [5.74, 6) is 7.71. The lowest BCUT2D eigenvalue weighted by Gasteiger charge is -2.43. The molecule has 5 nitrogen and oxygen atoms in total. The molecular weight excluding hydrogens is 252 g/mol. The molecule has 1 aromatic rings.